The van der Waals surface area contributed by atoms with Gasteiger partial charge in [0.1, 0.15) is 21.7 Å². The number of para-hydroxylation sites is 1. The number of aromatic nitrogens is 2. The molecule has 0 spiro atoms. The van der Waals surface area contributed by atoms with Crippen molar-refractivity contribution in [3.8, 4) is 5.75 Å². The number of sulfonamides is 1. The molecule has 0 aliphatic carbocycles. The molecule has 2 heterocycles. The number of nitrogens with zero attached hydrogens (tertiary/aromatic N) is 2. The van der Waals surface area contributed by atoms with Crippen molar-refractivity contribution >= 4 is 32.8 Å². The predicted molar refractivity (Wildman–Crippen MR) is 87.0 cm³/mol. The largest absolute Gasteiger partial charge is 0.493 e. The highest BCUT2D eigenvalue weighted by molar-refractivity contribution is 7.89. The number of rotatable bonds is 3. The summed E-state index contributed by atoms with van der Waals surface area (Å²) >= 11 is 1.01. The fourth-order valence-electron chi connectivity index (χ4n) is 2.71. The molecule has 1 atom stereocenters. The highest BCUT2D eigenvalue weighted by atomic mass is 32.2. The zero-order valence-electron chi connectivity index (χ0n) is 12.0. The molecule has 1 unspecified atom stereocenters. The van der Waals surface area contributed by atoms with Crippen LogP contribution in [0.2, 0.25) is 0 Å². The van der Waals surface area contributed by atoms with E-state index < -0.39 is 10.0 Å². The Labute approximate surface area is 137 Å². The van der Waals surface area contributed by atoms with Crippen molar-refractivity contribution < 1.29 is 13.2 Å². The summed E-state index contributed by atoms with van der Waals surface area (Å²) in [6, 6.07) is 12.1. The van der Waals surface area contributed by atoms with Gasteiger partial charge >= 0.3 is 0 Å². The minimum absolute atomic E-state index is 0.160. The average Bonchev–Trinajstić information content (AvgIpc) is 3.03. The standard InChI is InChI=1S/C15H13N3O3S2/c19-23(20,14-7-3-5-12-15(14)17-22-16-12)18-11-8-9-21-13-6-2-1-4-10(11)13/h1-7,11,18H,8-9H2. The van der Waals surface area contributed by atoms with Crippen LogP contribution in [0.1, 0.15) is 18.0 Å². The van der Waals surface area contributed by atoms with Crippen LogP contribution in [0, 0.1) is 0 Å². The van der Waals surface area contributed by atoms with Crippen LogP contribution >= 0.6 is 11.7 Å². The number of fused-ring (bicyclic) bond motifs is 2. The number of benzene rings is 2. The van der Waals surface area contributed by atoms with E-state index in [0.29, 0.717) is 24.1 Å². The third-order valence-corrected chi connectivity index (χ3v) is 5.84. The quantitative estimate of drug-likeness (QED) is 0.787. The Morgan fingerprint density at radius 2 is 2.00 bits per heavy atom. The van der Waals surface area contributed by atoms with E-state index in [2.05, 4.69) is 13.5 Å². The van der Waals surface area contributed by atoms with Crippen molar-refractivity contribution in [3.63, 3.8) is 0 Å². The van der Waals surface area contributed by atoms with Gasteiger partial charge in [-0.15, -0.1) is 0 Å². The second-order valence-corrected chi connectivity index (χ2v) is 7.45. The molecule has 0 radical (unpaired) electrons. The Bertz CT molecular complexity index is 969. The van der Waals surface area contributed by atoms with Gasteiger partial charge in [0.25, 0.3) is 0 Å². The van der Waals surface area contributed by atoms with E-state index in [4.69, 9.17) is 4.74 Å². The van der Waals surface area contributed by atoms with E-state index >= 15 is 0 Å². The number of ether oxygens (including phenoxy) is 1. The minimum Gasteiger partial charge on any atom is -0.493 e. The van der Waals surface area contributed by atoms with Gasteiger partial charge in [-0.05, 0) is 18.2 Å². The second kappa shape index (κ2) is 5.55. The third-order valence-electron chi connectivity index (χ3n) is 3.79. The maximum atomic E-state index is 12.8. The molecule has 1 aliphatic rings. The molecule has 0 fully saturated rings. The van der Waals surface area contributed by atoms with Gasteiger partial charge in [0, 0.05) is 12.0 Å². The highest BCUT2D eigenvalue weighted by Gasteiger charge is 2.28. The average molecular weight is 347 g/mol. The molecule has 4 rings (SSSR count). The lowest BCUT2D eigenvalue weighted by molar-refractivity contribution is 0.263. The van der Waals surface area contributed by atoms with Gasteiger partial charge in [0.05, 0.1) is 24.4 Å². The van der Waals surface area contributed by atoms with Gasteiger partial charge in [0.2, 0.25) is 10.0 Å². The lowest BCUT2D eigenvalue weighted by Gasteiger charge is -2.26. The monoisotopic (exact) mass is 347 g/mol. The summed E-state index contributed by atoms with van der Waals surface area (Å²) in [5.74, 6) is 0.722. The molecule has 2 aromatic carbocycles. The summed E-state index contributed by atoms with van der Waals surface area (Å²) in [6.07, 6.45) is 0.585. The minimum atomic E-state index is -3.70. The second-order valence-electron chi connectivity index (χ2n) is 5.24. The zero-order chi connectivity index (χ0) is 15.9. The summed E-state index contributed by atoms with van der Waals surface area (Å²) in [5, 5.41) is 0. The summed E-state index contributed by atoms with van der Waals surface area (Å²) in [6.45, 7) is 0.479. The fraction of sp³-hybridized carbons (Fsp3) is 0.200. The molecule has 0 saturated heterocycles. The molecule has 118 valence electrons. The van der Waals surface area contributed by atoms with Crippen molar-refractivity contribution in [2.24, 2.45) is 0 Å². The van der Waals surface area contributed by atoms with Gasteiger partial charge in [-0.25, -0.2) is 13.1 Å². The van der Waals surface area contributed by atoms with Gasteiger partial charge in [0.15, 0.2) is 0 Å². The van der Waals surface area contributed by atoms with Crippen LogP contribution in [0.5, 0.6) is 5.75 Å². The Hall–Kier alpha value is -2.03. The van der Waals surface area contributed by atoms with Gasteiger partial charge in [-0.1, -0.05) is 24.3 Å². The molecule has 0 bridgehead atoms. The summed E-state index contributed by atoms with van der Waals surface area (Å²) < 4.78 is 42.2. The number of hydrogen-bond acceptors (Lipinski definition) is 6. The molecule has 0 amide bonds. The van der Waals surface area contributed by atoms with Crippen molar-refractivity contribution in [2.75, 3.05) is 6.61 Å². The van der Waals surface area contributed by atoms with E-state index in [0.717, 1.165) is 23.0 Å². The number of nitrogens with one attached hydrogen (secondary N) is 1. The molecule has 1 aliphatic heterocycles. The molecule has 0 saturated carbocycles. The van der Waals surface area contributed by atoms with Gasteiger partial charge < -0.3 is 4.74 Å². The lowest BCUT2D eigenvalue weighted by Crippen LogP contribution is -2.32. The fourth-order valence-corrected chi connectivity index (χ4v) is 4.73. The molecule has 23 heavy (non-hydrogen) atoms. The summed E-state index contributed by atoms with van der Waals surface area (Å²) in [4.78, 5) is 0.160. The first kappa shape index (κ1) is 14.6. The van der Waals surface area contributed by atoms with Crippen molar-refractivity contribution in [2.45, 2.75) is 17.4 Å². The summed E-state index contributed by atoms with van der Waals surface area (Å²) in [5.41, 5.74) is 1.85. The van der Waals surface area contributed by atoms with E-state index in [9.17, 15) is 8.42 Å². The van der Waals surface area contributed by atoms with Crippen LogP contribution in [-0.2, 0) is 10.0 Å². The molecule has 3 aromatic rings. The molecule has 8 heteroatoms. The lowest BCUT2D eigenvalue weighted by atomic mass is 10.0. The van der Waals surface area contributed by atoms with Gasteiger partial charge in [-0.2, -0.15) is 8.75 Å². The molecule has 1 N–H and O–H groups in total. The first-order valence-electron chi connectivity index (χ1n) is 7.10. The van der Waals surface area contributed by atoms with Gasteiger partial charge in [-0.3, -0.25) is 0 Å². The maximum absolute atomic E-state index is 12.8. The molecule has 6 nitrogen and oxygen atoms in total. The van der Waals surface area contributed by atoms with Crippen molar-refractivity contribution in [3.05, 3.63) is 48.0 Å². The van der Waals surface area contributed by atoms with E-state index in [1.165, 1.54) is 0 Å². The van der Waals surface area contributed by atoms with Crippen molar-refractivity contribution in [1.29, 1.82) is 0 Å². The molecule has 1 aromatic heterocycles. The van der Waals surface area contributed by atoms with Crippen LogP contribution in [0.25, 0.3) is 11.0 Å². The van der Waals surface area contributed by atoms with Crippen LogP contribution < -0.4 is 9.46 Å². The third kappa shape index (κ3) is 2.58. The topological polar surface area (TPSA) is 81.2 Å². The van der Waals surface area contributed by atoms with Crippen LogP contribution in [0.4, 0.5) is 0 Å². The van der Waals surface area contributed by atoms with E-state index in [1.54, 1.807) is 18.2 Å². The first-order chi connectivity index (χ1) is 11.1. The Morgan fingerprint density at radius 3 is 2.91 bits per heavy atom. The zero-order valence-corrected chi connectivity index (χ0v) is 13.6. The Balaban J connectivity index is 1.73. The Kier molecular flexibility index (Phi) is 3.51. The number of hydrogen-bond donors (Lipinski definition) is 1. The molecular formula is C15H13N3O3S2. The Morgan fingerprint density at radius 1 is 1.13 bits per heavy atom. The van der Waals surface area contributed by atoms with Crippen molar-refractivity contribution in [1.82, 2.24) is 13.5 Å². The van der Waals surface area contributed by atoms with Crippen LogP contribution in [-0.4, -0.2) is 23.8 Å². The van der Waals surface area contributed by atoms with E-state index in [1.807, 2.05) is 24.3 Å². The summed E-state index contributed by atoms with van der Waals surface area (Å²) in [7, 11) is -3.70. The van der Waals surface area contributed by atoms with Crippen LogP contribution in [0.3, 0.4) is 0 Å². The predicted octanol–water partition coefficient (Wildman–Crippen LogP) is 2.49. The van der Waals surface area contributed by atoms with E-state index in [-0.39, 0.29) is 10.9 Å². The first-order valence-corrected chi connectivity index (χ1v) is 9.32. The SMILES string of the molecule is O=S(=O)(NC1CCOc2ccccc21)c1cccc2nsnc12. The smallest absolute Gasteiger partial charge is 0.243 e. The normalized spacial score (nSPS) is 17.7. The van der Waals surface area contributed by atoms with Crippen LogP contribution in [0.15, 0.2) is 47.4 Å². The maximum Gasteiger partial charge on any atom is 0.243 e. The molecular weight excluding hydrogens is 334 g/mol. The highest BCUT2D eigenvalue weighted by Crippen LogP contribution is 2.33.